The second kappa shape index (κ2) is 11.4. The fraction of sp³-hybridized carbons (Fsp3) is 0.303. The van der Waals surface area contributed by atoms with Crippen LogP contribution in [-0.2, 0) is 16.6 Å². The van der Waals surface area contributed by atoms with Gasteiger partial charge in [-0.2, -0.15) is 0 Å². The molecule has 2 aliphatic carbocycles. The third kappa shape index (κ3) is 5.24. The molecule has 210 valence electrons. The minimum Gasteiger partial charge on any atom is -0.497 e. The van der Waals surface area contributed by atoms with Gasteiger partial charge in [-0.15, -0.1) is 0 Å². The number of nitrogens with one attached hydrogen (secondary N) is 1. The number of anilines is 1. The van der Waals surface area contributed by atoms with Gasteiger partial charge in [0.1, 0.15) is 11.5 Å². The molecule has 4 aromatic rings. The van der Waals surface area contributed by atoms with E-state index in [0.717, 1.165) is 48.9 Å². The van der Waals surface area contributed by atoms with E-state index in [0.29, 0.717) is 28.0 Å². The molecule has 41 heavy (non-hydrogen) atoms. The Morgan fingerprint density at radius 3 is 2.46 bits per heavy atom. The van der Waals surface area contributed by atoms with Gasteiger partial charge in [-0.3, -0.25) is 14.2 Å². The van der Waals surface area contributed by atoms with Gasteiger partial charge in [0.2, 0.25) is 5.91 Å². The first-order chi connectivity index (χ1) is 20.0. The van der Waals surface area contributed by atoms with Crippen molar-refractivity contribution in [1.82, 2.24) is 9.55 Å². The number of amides is 1. The Morgan fingerprint density at radius 1 is 0.951 bits per heavy atom. The normalized spacial score (nSPS) is 15.1. The van der Waals surface area contributed by atoms with Crippen molar-refractivity contribution in [1.29, 1.82) is 0 Å². The van der Waals surface area contributed by atoms with Crippen LogP contribution < -0.4 is 20.3 Å². The van der Waals surface area contributed by atoms with Crippen LogP contribution in [0.25, 0.3) is 16.9 Å². The van der Waals surface area contributed by atoms with E-state index in [1.807, 2.05) is 48.5 Å². The van der Waals surface area contributed by atoms with Gasteiger partial charge in [-0.1, -0.05) is 61.4 Å². The lowest BCUT2D eigenvalue weighted by Gasteiger charge is -2.42. The highest BCUT2D eigenvalue weighted by Gasteiger charge is 2.43. The SMILES string of the molecule is COc1ccc(-n2c(SCC(=O)Nc3cccc(OC)c3)nc3c(c2=O)C2(CCCCC2)Cc2ccccc2-3)cc1. The van der Waals surface area contributed by atoms with Crippen molar-refractivity contribution in [3.05, 3.63) is 94.3 Å². The lowest BCUT2D eigenvalue weighted by molar-refractivity contribution is -0.113. The maximum absolute atomic E-state index is 14.6. The number of thioether (sulfide) groups is 1. The summed E-state index contributed by atoms with van der Waals surface area (Å²) in [6.45, 7) is 0. The van der Waals surface area contributed by atoms with Crippen LogP contribution >= 0.6 is 11.8 Å². The number of carbonyl (C=O) groups is 1. The molecule has 0 unspecified atom stereocenters. The Bertz CT molecular complexity index is 1640. The summed E-state index contributed by atoms with van der Waals surface area (Å²) in [6.07, 6.45) is 6.20. The van der Waals surface area contributed by atoms with Crippen molar-refractivity contribution in [2.45, 2.75) is 49.1 Å². The highest BCUT2D eigenvalue weighted by molar-refractivity contribution is 7.99. The second-order valence-corrected chi connectivity index (χ2v) is 11.6. The van der Waals surface area contributed by atoms with Crippen molar-refractivity contribution in [3.63, 3.8) is 0 Å². The molecule has 1 amide bonds. The van der Waals surface area contributed by atoms with Crippen LogP contribution in [0.1, 0.15) is 43.2 Å². The molecule has 2 aliphatic rings. The van der Waals surface area contributed by atoms with E-state index in [-0.39, 0.29) is 22.6 Å². The van der Waals surface area contributed by atoms with Crippen LogP contribution in [0.3, 0.4) is 0 Å². The Hall–Kier alpha value is -4.04. The molecule has 6 rings (SSSR count). The minimum atomic E-state index is -0.229. The number of aromatic nitrogens is 2. The third-order valence-corrected chi connectivity index (χ3v) is 9.15. The van der Waals surface area contributed by atoms with Crippen molar-refractivity contribution < 1.29 is 14.3 Å². The molecule has 1 spiro atoms. The molecule has 0 atom stereocenters. The van der Waals surface area contributed by atoms with Gasteiger partial charge in [0, 0.05) is 22.7 Å². The first kappa shape index (κ1) is 27.1. The number of nitrogens with zero attached hydrogens (tertiary/aromatic N) is 2. The molecule has 1 fully saturated rings. The van der Waals surface area contributed by atoms with Crippen molar-refractivity contribution in [3.8, 4) is 28.4 Å². The lowest BCUT2D eigenvalue weighted by Crippen LogP contribution is -2.43. The average Bonchev–Trinajstić information content (AvgIpc) is 3.00. The summed E-state index contributed by atoms with van der Waals surface area (Å²) >= 11 is 1.26. The zero-order valence-electron chi connectivity index (χ0n) is 23.3. The largest absolute Gasteiger partial charge is 0.497 e. The summed E-state index contributed by atoms with van der Waals surface area (Å²) in [5, 5.41) is 3.42. The number of rotatable bonds is 7. The van der Waals surface area contributed by atoms with E-state index < -0.39 is 0 Å². The molecule has 8 heteroatoms. The maximum atomic E-state index is 14.6. The van der Waals surface area contributed by atoms with Crippen molar-refractivity contribution >= 4 is 23.4 Å². The fourth-order valence-corrected chi connectivity index (χ4v) is 7.08. The molecule has 1 N–H and O–H groups in total. The van der Waals surface area contributed by atoms with Crippen molar-refractivity contribution in [2.24, 2.45) is 0 Å². The van der Waals surface area contributed by atoms with Crippen LogP contribution in [-0.4, -0.2) is 35.4 Å². The summed E-state index contributed by atoms with van der Waals surface area (Å²) in [6, 6.07) is 23.0. The first-order valence-electron chi connectivity index (χ1n) is 14.0. The topological polar surface area (TPSA) is 82.4 Å². The number of hydrogen-bond donors (Lipinski definition) is 1. The van der Waals surface area contributed by atoms with Gasteiger partial charge < -0.3 is 14.8 Å². The Labute approximate surface area is 243 Å². The van der Waals surface area contributed by atoms with Gasteiger partial charge in [-0.25, -0.2) is 4.98 Å². The lowest BCUT2D eigenvalue weighted by atomic mass is 9.62. The van der Waals surface area contributed by atoms with Gasteiger partial charge in [0.05, 0.1) is 36.9 Å². The molecule has 1 saturated carbocycles. The molecule has 0 radical (unpaired) electrons. The van der Waals surface area contributed by atoms with Gasteiger partial charge >= 0.3 is 0 Å². The maximum Gasteiger partial charge on any atom is 0.263 e. The molecule has 0 saturated heterocycles. The summed E-state index contributed by atoms with van der Waals surface area (Å²) in [5.74, 6) is 1.26. The number of methoxy groups -OCH3 is 2. The molecular formula is C33H33N3O4S. The number of fused-ring (bicyclic) bond motifs is 4. The van der Waals surface area contributed by atoms with E-state index in [2.05, 4.69) is 23.5 Å². The Morgan fingerprint density at radius 2 is 1.71 bits per heavy atom. The zero-order valence-corrected chi connectivity index (χ0v) is 24.1. The van der Waals surface area contributed by atoms with Gasteiger partial charge in [-0.05, 0) is 61.2 Å². The summed E-state index contributed by atoms with van der Waals surface area (Å²) < 4.78 is 12.3. The summed E-state index contributed by atoms with van der Waals surface area (Å²) in [4.78, 5) is 32.9. The molecular weight excluding hydrogens is 534 g/mol. The van der Waals surface area contributed by atoms with Crippen LogP contribution in [0.5, 0.6) is 11.5 Å². The van der Waals surface area contributed by atoms with Gasteiger partial charge in [0.15, 0.2) is 5.16 Å². The number of carbonyl (C=O) groups excluding carboxylic acids is 1. The molecule has 1 aromatic heterocycles. The predicted octanol–water partition coefficient (Wildman–Crippen LogP) is 6.41. The standard InChI is InChI=1S/C33H33N3O4S/c1-39-25-15-13-24(14-16-25)36-31(38)29-30(27-12-5-4-9-22(27)20-33(29)17-6-3-7-18-33)35-32(36)41-21-28(37)34-23-10-8-11-26(19-23)40-2/h4-5,8-16,19H,3,6-7,17-18,20-21H2,1-2H3,(H,34,37). The summed E-state index contributed by atoms with van der Waals surface area (Å²) in [7, 11) is 3.21. The van der Waals surface area contributed by atoms with E-state index in [4.69, 9.17) is 14.5 Å². The average molecular weight is 568 g/mol. The highest BCUT2D eigenvalue weighted by atomic mass is 32.2. The zero-order chi connectivity index (χ0) is 28.4. The highest BCUT2D eigenvalue weighted by Crippen LogP contribution is 2.49. The smallest absolute Gasteiger partial charge is 0.263 e. The molecule has 0 bridgehead atoms. The van der Waals surface area contributed by atoms with Crippen LogP contribution in [0.15, 0.2) is 82.7 Å². The number of hydrogen-bond acceptors (Lipinski definition) is 6. The quantitative estimate of drug-likeness (QED) is 0.205. The minimum absolute atomic E-state index is 0.0488. The van der Waals surface area contributed by atoms with E-state index in [1.54, 1.807) is 24.9 Å². The van der Waals surface area contributed by atoms with Gasteiger partial charge in [0.25, 0.3) is 5.56 Å². The third-order valence-electron chi connectivity index (χ3n) is 8.21. The van der Waals surface area contributed by atoms with E-state index in [9.17, 15) is 9.59 Å². The molecule has 3 aromatic carbocycles. The van der Waals surface area contributed by atoms with E-state index >= 15 is 0 Å². The van der Waals surface area contributed by atoms with Crippen LogP contribution in [0.2, 0.25) is 0 Å². The second-order valence-electron chi connectivity index (χ2n) is 10.7. The van der Waals surface area contributed by atoms with Crippen LogP contribution in [0.4, 0.5) is 5.69 Å². The van der Waals surface area contributed by atoms with E-state index in [1.165, 1.54) is 23.7 Å². The first-order valence-corrected chi connectivity index (χ1v) is 15.0. The Balaban J connectivity index is 1.44. The fourth-order valence-electron chi connectivity index (χ4n) is 6.27. The number of ether oxygens (including phenoxy) is 2. The summed E-state index contributed by atoms with van der Waals surface area (Å²) in [5.41, 5.74) is 4.90. The number of benzene rings is 3. The monoisotopic (exact) mass is 567 g/mol. The van der Waals surface area contributed by atoms with Crippen molar-refractivity contribution in [2.75, 3.05) is 25.3 Å². The molecule has 0 aliphatic heterocycles. The Kier molecular flexibility index (Phi) is 7.58. The molecule has 1 heterocycles. The van der Waals surface area contributed by atoms with Crippen LogP contribution in [0, 0.1) is 0 Å². The molecule has 7 nitrogen and oxygen atoms in total. The predicted molar refractivity (Wildman–Crippen MR) is 163 cm³/mol.